The van der Waals surface area contributed by atoms with Crippen molar-refractivity contribution in [2.24, 2.45) is 0 Å². The van der Waals surface area contributed by atoms with Gasteiger partial charge in [-0.25, -0.2) is 9.59 Å². The van der Waals surface area contributed by atoms with Crippen molar-refractivity contribution in [1.29, 1.82) is 0 Å². The second-order valence-corrected chi connectivity index (χ2v) is 21.2. The summed E-state index contributed by atoms with van der Waals surface area (Å²) in [6, 6.07) is 37.6. The number of nitrogens with one attached hydrogen (secondary N) is 2. The number of benzene rings is 4. The smallest absolute Gasteiger partial charge is 0.337 e. The van der Waals surface area contributed by atoms with Crippen LogP contribution in [0.25, 0.3) is 0 Å². The number of aromatic nitrogens is 4. The summed E-state index contributed by atoms with van der Waals surface area (Å²) in [6.07, 6.45) is 11.0. The lowest BCUT2D eigenvalue weighted by molar-refractivity contribution is 0.0599. The number of carboxylic acids is 1. The monoisotopic (exact) mass is 959 g/mol. The summed E-state index contributed by atoms with van der Waals surface area (Å²) in [4.78, 5) is 37.3. The Balaban J connectivity index is 0.000000154. The number of carbonyl (C=O) groups is 2. The summed E-state index contributed by atoms with van der Waals surface area (Å²) in [5.41, 5.74) is 6.24. The van der Waals surface area contributed by atoms with Crippen LogP contribution in [-0.2, 0) is 28.7 Å². The summed E-state index contributed by atoms with van der Waals surface area (Å²) in [7, 11) is 1.41. The summed E-state index contributed by atoms with van der Waals surface area (Å²) in [5.74, 6) is 4.13. The van der Waals surface area contributed by atoms with Gasteiger partial charge in [-0.15, -0.1) is 0 Å². The van der Waals surface area contributed by atoms with E-state index in [0.29, 0.717) is 46.9 Å². The van der Waals surface area contributed by atoms with E-state index in [1.165, 1.54) is 36.6 Å². The fourth-order valence-corrected chi connectivity index (χ4v) is 10.9. The molecule has 4 aromatic carbocycles. The van der Waals surface area contributed by atoms with E-state index in [1.54, 1.807) is 12.1 Å². The number of hydrogen-bond donors (Lipinski definition) is 3. The van der Waals surface area contributed by atoms with Crippen LogP contribution in [0.4, 0.5) is 0 Å². The molecule has 0 spiro atoms. The molecule has 2 aliphatic heterocycles. The summed E-state index contributed by atoms with van der Waals surface area (Å²) in [5, 5.41) is 25.5. The number of methoxy groups -OCH3 is 1. The minimum Gasteiger partial charge on any atom is -0.478 e. The molecule has 14 nitrogen and oxygen atoms in total. The number of rotatable bonds is 18. The maximum atomic E-state index is 11.6. The first-order valence-corrected chi connectivity index (χ1v) is 25.9. The van der Waals surface area contributed by atoms with Crippen LogP contribution in [0.5, 0.6) is 0 Å². The molecular formula is C57H66N8O6. The lowest BCUT2D eigenvalue weighted by Crippen LogP contribution is -2.32. The van der Waals surface area contributed by atoms with Crippen LogP contribution < -0.4 is 10.6 Å². The molecule has 4 atom stereocenters. The lowest BCUT2D eigenvalue weighted by atomic mass is 9.96. The van der Waals surface area contributed by atoms with Crippen LogP contribution in [-0.4, -0.2) is 106 Å². The van der Waals surface area contributed by atoms with E-state index in [-0.39, 0.29) is 16.8 Å². The number of nitrogens with zero attached hydrogens (tertiary/aromatic N) is 6. The van der Waals surface area contributed by atoms with Gasteiger partial charge < -0.3 is 29.5 Å². The Morgan fingerprint density at radius 3 is 1.39 bits per heavy atom. The predicted octanol–water partition coefficient (Wildman–Crippen LogP) is 8.74. The molecule has 6 aromatic rings. The van der Waals surface area contributed by atoms with Crippen LogP contribution >= 0.6 is 0 Å². The fraction of sp³-hybridized carbons (Fsp3) is 0.474. The largest absolute Gasteiger partial charge is 0.478 e. The third-order valence-corrected chi connectivity index (χ3v) is 16.2. The Morgan fingerprint density at radius 2 is 1.01 bits per heavy atom. The van der Waals surface area contributed by atoms with Gasteiger partial charge in [-0.1, -0.05) is 95.2 Å². The van der Waals surface area contributed by atoms with Gasteiger partial charge in [0, 0.05) is 72.8 Å². The molecule has 4 aliphatic carbocycles. The van der Waals surface area contributed by atoms with Gasteiger partial charge in [-0.3, -0.25) is 9.80 Å². The number of likely N-dealkylation sites (tertiary alicyclic amines) is 2. The number of ether oxygens (including phenoxy) is 1. The molecule has 370 valence electrons. The first kappa shape index (κ1) is 47.3. The molecule has 0 bridgehead atoms. The fourth-order valence-electron chi connectivity index (χ4n) is 10.9. The highest BCUT2D eigenvalue weighted by Gasteiger charge is 2.52. The van der Waals surface area contributed by atoms with E-state index in [2.05, 4.69) is 91.4 Å². The number of carbonyl (C=O) groups excluding carboxylic acids is 1. The van der Waals surface area contributed by atoms with Gasteiger partial charge in [0.2, 0.25) is 11.8 Å². The third kappa shape index (κ3) is 11.2. The predicted molar refractivity (Wildman–Crippen MR) is 267 cm³/mol. The molecular weight excluding hydrogens is 893 g/mol. The number of esters is 1. The Bertz CT molecular complexity index is 2720. The quantitative estimate of drug-likeness (QED) is 0.0699. The molecule has 4 saturated carbocycles. The highest BCUT2D eigenvalue weighted by Crippen LogP contribution is 2.50. The maximum absolute atomic E-state index is 11.6. The third-order valence-electron chi connectivity index (χ3n) is 16.2. The van der Waals surface area contributed by atoms with Gasteiger partial charge in [0.05, 0.1) is 18.2 Å². The number of piperidine rings is 2. The number of carboxylic acid groups (broad SMARTS) is 1. The minimum atomic E-state index is -0.885. The molecule has 12 rings (SSSR count). The van der Waals surface area contributed by atoms with Gasteiger partial charge in [0.1, 0.15) is 0 Å². The van der Waals surface area contributed by atoms with Gasteiger partial charge in [-0.05, 0) is 137 Å². The van der Waals surface area contributed by atoms with E-state index < -0.39 is 5.97 Å². The molecule has 14 heteroatoms. The van der Waals surface area contributed by atoms with Crippen molar-refractivity contribution in [1.82, 2.24) is 40.7 Å². The van der Waals surface area contributed by atoms with Gasteiger partial charge in [0.15, 0.2) is 11.6 Å². The molecule has 6 fully saturated rings. The van der Waals surface area contributed by atoms with Crippen LogP contribution in [0, 0.1) is 0 Å². The molecule has 6 aliphatic rings. The molecule has 2 unspecified atom stereocenters. The normalized spacial score (nSPS) is 23.6. The molecule has 3 N–H and O–H groups in total. The van der Waals surface area contributed by atoms with E-state index in [1.807, 2.05) is 36.4 Å². The molecule has 2 aromatic heterocycles. The van der Waals surface area contributed by atoms with Crippen molar-refractivity contribution in [2.45, 2.75) is 124 Å². The van der Waals surface area contributed by atoms with Crippen LogP contribution in [0.2, 0.25) is 0 Å². The molecule has 4 heterocycles. The van der Waals surface area contributed by atoms with Gasteiger partial charge in [0.25, 0.3) is 0 Å². The van der Waals surface area contributed by atoms with Crippen LogP contribution in [0.1, 0.15) is 154 Å². The van der Waals surface area contributed by atoms with Crippen molar-refractivity contribution in [2.75, 3.05) is 46.4 Å². The van der Waals surface area contributed by atoms with Crippen molar-refractivity contribution in [3.05, 3.63) is 166 Å². The van der Waals surface area contributed by atoms with Crippen molar-refractivity contribution in [3.8, 4) is 0 Å². The van der Waals surface area contributed by atoms with Crippen molar-refractivity contribution >= 4 is 11.9 Å². The summed E-state index contributed by atoms with van der Waals surface area (Å²) in [6.45, 7) is 7.51. The molecule has 71 heavy (non-hydrogen) atoms. The Labute approximate surface area is 415 Å². The zero-order valence-electron chi connectivity index (χ0n) is 40.8. The van der Waals surface area contributed by atoms with Gasteiger partial charge >= 0.3 is 11.9 Å². The lowest BCUT2D eigenvalue weighted by Gasteiger charge is -2.30. The second-order valence-electron chi connectivity index (χ2n) is 21.2. The standard InChI is InChI=1S/C29H34N4O3.C28H32N4O3/c1-35-27(34)23-9-7-20(8-10-23)18-33-15-11-22(12-16-33)26-31-28(32-36-26)29(13-14-29)19-30-25-17-24(25)21-5-3-2-4-6-21;33-26(34)22-8-6-19(7-9-22)17-32-14-10-21(11-15-32)25-30-27(31-35-25)28(12-13-28)18-29-24-16-23(24)20-4-2-1-3-5-20/h2-10,22,24-25,30H,11-19H2,1H3;1-9,21,23-24,29H,10-18H2,(H,33,34)/t24?,25-;23?,24-/m11/s1. The Hall–Kier alpha value is -6.06. The summed E-state index contributed by atoms with van der Waals surface area (Å²) >= 11 is 0. The first-order valence-electron chi connectivity index (χ1n) is 25.9. The van der Waals surface area contributed by atoms with Crippen molar-refractivity contribution < 1.29 is 28.5 Å². The van der Waals surface area contributed by atoms with E-state index >= 15 is 0 Å². The molecule has 0 radical (unpaired) electrons. The van der Waals surface area contributed by atoms with E-state index in [9.17, 15) is 9.59 Å². The zero-order chi connectivity index (χ0) is 48.4. The van der Waals surface area contributed by atoms with Crippen LogP contribution in [0.15, 0.2) is 118 Å². The summed E-state index contributed by atoms with van der Waals surface area (Å²) < 4.78 is 16.3. The minimum absolute atomic E-state index is 0.0500. The van der Waals surface area contributed by atoms with E-state index in [4.69, 9.17) is 28.9 Å². The average molecular weight is 959 g/mol. The van der Waals surface area contributed by atoms with E-state index in [0.717, 1.165) is 133 Å². The number of hydrogen-bond acceptors (Lipinski definition) is 13. The Morgan fingerprint density at radius 1 is 0.606 bits per heavy atom. The van der Waals surface area contributed by atoms with Gasteiger partial charge in [-0.2, -0.15) is 9.97 Å². The van der Waals surface area contributed by atoms with Crippen molar-refractivity contribution in [3.63, 3.8) is 0 Å². The SMILES string of the molecule is COC(=O)c1ccc(CN2CCC(c3nc(C4(CN[C@@H]5CC5c5ccccc5)CC4)no3)CC2)cc1.O=C(O)c1ccc(CN2CCC(c3nc(C4(CN[C@@H]5CC5c5ccccc5)CC4)no3)CC2)cc1. The zero-order valence-corrected chi connectivity index (χ0v) is 40.8. The maximum Gasteiger partial charge on any atom is 0.337 e. The second kappa shape index (κ2) is 20.6. The Kier molecular flexibility index (Phi) is 13.7. The molecule has 0 amide bonds. The average Bonchev–Trinajstić information content (AvgIpc) is 4.33. The topological polar surface area (TPSA) is 172 Å². The number of aromatic carboxylic acids is 1. The molecule has 2 saturated heterocycles. The first-order chi connectivity index (χ1) is 34.7. The highest BCUT2D eigenvalue weighted by molar-refractivity contribution is 5.89. The van der Waals surface area contributed by atoms with Crippen LogP contribution in [0.3, 0.4) is 0 Å². The highest BCUT2D eigenvalue weighted by atomic mass is 16.5.